The largest absolute Gasteiger partial charge is 0.466 e. The Kier molecular flexibility index (Phi) is 50.5. The molecule has 0 radical (unpaired) electrons. The van der Waals surface area contributed by atoms with Crippen LogP contribution < -0.4 is 0 Å². The van der Waals surface area contributed by atoms with Gasteiger partial charge in [-0.1, -0.05) is 206 Å². The summed E-state index contributed by atoms with van der Waals surface area (Å²) in [5.41, 5.74) is 0. The van der Waals surface area contributed by atoms with Crippen molar-refractivity contribution in [2.24, 2.45) is 0 Å². The number of hydrogen-bond acceptors (Lipinski definition) is 8. The van der Waals surface area contributed by atoms with Crippen molar-refractivity contribution in [3.05, 3.63) is 0 Å². The normalized spacial score (nSPS) is 11.6. The minimum absolute atomic E-state index is 0.0509. The van der Waals surface area contributed by atoms with Crippen molar-refractivity contribution in [1.82, 2.24) is 14.7 Å². The summed E-state index contributed by atoms with van der Waals surface area (Å²) in [7, 11) is 8.28. The third-order valence-electron chi connectivity index (χ3n) is 13.4. The standard InChI is InChI=1S/C58H115N3O6/c1-7-9-11-13-15-17-19-21-23-25-27-29-31-39-47-56(62)65-53-41-35-33-37-45-55(67-58(64)61(51-43-49-59(3)4)52-44-50-60(5)6)46-38-34-36-42-54-66-57(63)48-40-32-30-28-26-24-22-20-18-16-14-12-10-8-2/h55H,7-54H2,1-6H3. The van der Waals surface area contributed by atoms with Gasteiger partial charge in [0.2, 0.25) is 0 Å². The van der Waals surface area contributed by atoms with Gasteiger partial charge in [0.05, 0.1) is 13.2 Å². The maximum atomic E-state index is 13.6. The van der Waals surface area contributed by atoms with Gasteiger partial charge in [0.15, 0.2) is 0 Å². The van der Waals surface area contributed by atoms with Crippen molar-refractivity contribution < 1.29 is 28.6 Å². The molecule has 9 nitrogen and oxygen atoms in total. The number of amides is 1. The Morgan fingerprint density at radius 1 is 0.343 bits per heavy atom. The number of ether oxygens (including phenoxy) is 3. The first kappa shape index (κ1) is 65.1. The lowest BCUT2D eigenvalue weighted by Gasteiger charge is -2.27. The number of nitrogens with zero attached hydrogens (tertiary/aromatic N) is 3. The average molecular weight is 951 g/mol. The molecule has 67 heavy (non-hydrogen) atoms. The van der Waals surface area contributed by atoms with E-state index in [2.05, 4.69) is 51.8 Å². The molecule has 0 unspecified atom stereocenters. The lowest BCUT2D eigenvalue weighted by molar-refractivity contribution is -0.144. The Balaban J connectivity index is 4.40. The van der Waals surface area contributed by atoms with Crippen molar-refractivity contribution in [3.63, 3.8) is 0 Å². The topological polar surface area (TPSA) is 88.6 Å². The zero-order chi connectivity index (χ0) is 49.1. The SMILES string of the molecule is CCCCCCCCCCCCCCCCC(=O)OCCCCCCC(CCCCCCOC(=O)CCCCCCCCCCCCCCCC)OC(=O)N(CCCN(C)C)CCCN(C)C. The molecule has 0 spiro atoms. The fourth-order valence-electron chi connectivity index (χ4n) is 9.03. The number of carbonyl (C=O) groups is 3. The predicted octanol–water partition coefficient (Wildman–Crippen LogP) is 16.4. The molecule has 0 aliphatic carbocycles. The first-order valence-electron chi connectivity index (χ1n) is 29.3. The maximum Gasteiger partial charge on any atom is 0.410 e. The molecule has 0 fully saturated rings. The van der Waals surface area contributed by atoms with Gasteiger partial charge in [0.1, 0.15) is 6.10 Å². The molecule has 0 aromatic carbocycles. The summed E-state index contributed by atoms with van der Waals surface area (Å²) in [6.45, 7) is 8.83. The maximum absolute atomic E-state index is 13.6. The number of carbonyl (C=O) groups excluding carboxylic acids is 3. The Morgan fingerprint density at radius 2 is 0.627 bits per heavy atom. The molecular formula is C58H115N3O6. The summed E-state index contributed by atoms with van der Waals surface area (Å²) in [6, 6.07) is 0. The molecule has 0 saturated heterocycles. The monoisotopic (exact) mass is 950 g/mol. The Hall–Kier alpha value is -1.87. The third-order valence-corrected chi connectivity index (χ3v) is 13.4. The third kappa shape index (κ3) is 50.3. The smallest absolute Gasteiger partial charge is 0.410 e. The van der Waals surface area contributed by atoms with E-state index >= 15 is 0 Å². The zero-order valence-corrected chi connectivity index (χ0v) is 45.8. The van der Waals surface area contributed by atoms with Crippen molar-refractivity contribution >= 4 is 18.0 Å². The first-order chi connectivity index (χ1) is 32.7. The fourth-order valence-corrected chi connectivity index (χ4v) is 9.03. The van der Waals surface area contributed by atoms with Crippen LogP contribution in [0.4, 0.5) is 4.79 Å². The number of unbranched alkanes of at least 4 members (excludes halogenated alkanes) is 32. The Labute approximate surface area is 417 Å². The van der Waals surface area contributed by atoms with Crippen molar-refractivity contribution in [1.29, 1.82) is 0 Å². The van der Waals surface area contributed by atoms with Crippen LogP contribution in [0.5, 0.6) is 0 Å². The van der Waals surface area contributed by atoms with Crippen LogP contribution in [0.3, 0.4) is 0 Å². The first-order valence-corrected chi connectivity index (χ1v) is 29.3. The molecule has 1 amide bonds. The van der Waals surface area contributed by atoms with Gasteiger partial charge in [0.25, 0.3) is 0 Å². The Bertz CT molecular complexity index is 985. The Morgan fingerprint density at radius 3 is 0.940 bits per heavy atom. The van der Waals surface area contributed by atoms with E-state index in [9.17, 15) is 14.4 Å². The highest BCUT2D eigenvalue weighted by Gasteiger charge is 2.20. The average Bonchev–Trinajstić information content (AvgIpc) is 3.30. The van der Waals surface area contributed by atoms with Crippen LogP contribution in [0.2, 0.25) is 0 Å². The second-order valence-corrected chi connectivity index (χ2v) is 20.8. The summed E-state index contributed by atoms with van der Waals surface area (Å²) in [5, 5.41) is 0. The van der Waals surface area contributed by atoms with Gasteiger partial charge in [-0.15, -0.1) is 0 Å². The zero-order valence-electron chi connectivity index (χ0n) is 45.8. The van der Waals surface area contributed by atoms with E-state index in [4.69, 9.17) is 14.2 Å². The van der Waals surface area contributed by atoms with Crippen LogP contribution in [0.25, 0.3) is 0 Å². The minimum atomic E-state index is -0.182. The summed E-state index contributed by atoms with van der Waals surface area (Å²) >= 11 is 0. The lowest BCUT2D eigenvalue weighted by atomic mass is 10.0. The van der Waals surface area contributed by atoms with E-state index in [1.807, 2.05) is 4.90 Å². The van der Waals surface area contributed by atoms with Crippen molar-refractivity contribution in [2.45, 2.75) is 290 Å². The van der Waals surface area contributed by atoms with Crippen LogP contribution in [-0.4, -0.2) is 106 Å². The van der Waals surface area contributed by atoms with Gasteiger partial charge in [-0.25, -0.2) is 4.79 Å². The van der Waals surface area contributed by atoms with Crippen LogP contribution in [-0.2, 0) is 23.8 Å². The highest BCUT2D eigenvalue weighted by Crippen LogP contribution is 2.19. The van der Waals surface area contributed by atoms with Crippen LogP contribution >= 0.6 is 0 Å². The summed E-state index contributed by atoms with van der Waals surface area (Å²) in [6.07, 6.45) is 48.9. The summed E-state index contributed by atoms with van der Waals surface area (Å²) in [5.74, 6) is -0.102. The van der Waals surface area contributed by atoms with Crippen LogP contribution in [0, 0.1) is 0 Å². The number of rotatable bonds is 53. The van der Waals surface area contributed by atoms with Crippen molar-refractivity contribution in [3.8, 4) is 0 Å². The molecule has 398 valence electrons. The summed E-state index contributed by atoms with van der Waals surface area (Å²) < 4.78 is 17.4. The molecule has 0 aromatic rings. The van der Waals surface area contributed by atoms with Crippen molar-refractivity contribution in [2.75, 3.05) is 67.6 Å². The second-order valence-electron chi connectivity index (χ2n) is 20.8. The fraction of sp³-hybridized carbons (Fsp3) is 0.948. The van der Waals surface area contributed by atoms with Gasteiger partial charge < -0.3 is 28.9 Å². The quantitative estimate of drug-likeness (QED) is 0.0338. The molecule has 0 heterocycles. The van der Waals surface area contributed by atoms with Gasteiger partial charge in [-0.05, 0) is 105 Å². The minimum Gasteiger partial charge on any atom is -0.466 e. The van der Waals surface area contributed by atoms with Crippen LogP contribution in [0.15, 0.2) is 0 Å². The van der Waals surface area contributed by atoms with E-state index in [-0.39, 0.29) is 24.1 Å². The molecule has 0 rings (SSSR count). The number of esters is 2. The van der Waals surface area contributed by atoms with E-state index in [0.29, 0.717) is 39.1 Å². The van der Waals surface area contributed by atoms with Gasteiger partial charge >= 0.3 is 18.0 Å². The van der Waals surface area contributed by atoms with Gasteiger partial charge in [-0.2, -0.15) is 0 Å². The molecule has 0 bridgehead atoms. The van der Waals surface area contributed by atoms with E-state index in [1.54, 1.807) is 0 Å². The molecular weight excluding hydrogens is 835 g/mol. The summed E-state index contributed by atoms with van der Waals surface area (Å²) in [4.78, 5) is 44.5. The number of hydrogen-bond donors (Lipinski definition) is 0. The molecule has 0 atom stereocenters. The van der Waals surface area contributed by atoms with E-state index in [1.165, 1.54) is 154 Å². The molecule has 0 aliphatic heterocycles. The van der Waals surface area contributed by atoms with Gasteiger partial charge in [0, 0.05) is 25.9 Å². The van der Waals surface area contributed by atoms with Crippen LogP contribution in [0.1, 0.15) is 284 Å². The molecule has 9 heteroatoms. The molecule has 0 saturated carbocycles. The highest BCUT2D eigenvalue weighted by molar-refractivity contribution is 5.69. The molecule has 0 aliphatic rings. The van der Waals surface area contributed by atoms with E-state index < -0.39 is 0 Å². The van der Waals surface area contributed by atoms with E-state index in [0.717, 1.165) is 116 Å². The highest BCUT2D eigenvalue weighted by atomic mass is 16.6. The lowest BCUT2D eigenvalue weighted by Crippen LogP contribution is -2.37. The molecule has 0 N–H and O–H groups in total. The van der Waals surface area contributed by atoms with Gasteiger partial charge in [-0.3, -0.25) is 9.59 Å². The second kappa shape index (κ2) is 52.0. The predicted molar refractivity (Wildman–Crippen MR) is 286 cm³/mol. The molecule has 0 aromatic heterocycles.